The lowest BCUT2D eigenvalue weighted by Gasteiger charge is -2.20. The average molecular weight is 370 g/mol. The van der Waals surface area contributed by atoms with Gasteiger partial charge in [0.05, 0.1) is 17.8 Å². The molecule has 0 aliphatic carbocycles. The molecule has 0 aliphatic rings. The molecule has 0 bridgehead atoms. The van der Waals surface area contributed by atoms with E-state index in [1.54, 1.807) is 17.4 Å². The lowest BCUT2D eigenvalue weighted by molar-refractivity contribution is 0.0753. The van der Waals surface area contributed by atoms with Crippen LogP contribution in [0.2, 0.25) is 0 Å². The van der Waals surface area contributed by atoms with Crippen LogP contribution >= 0.6 is 11.3 Å². The van der Waals surface area contributed by atoms with Crippen LogP contribution in [-0.4, -0.2) is 22.5 Å². The summed E-state index contributed by atoms with van der Waals surface area (Å²) in [5.74, 6) is 1.41. The number of carbonyl (C=O) groups excluding carboxylic acids is 1. The first-order chi connectivity index (χ1) is 12.6. The van der Waals surface area contributed by atoms with Crippen molar-refractivity contribution in [3.8, 4) is 5.75 Å². The third kappa shape index (κ3) is 4.14. The van der Waals surface area contributed by atoms with E-state index in [0.717, 1.165) is 17.0 Å². The summed E-state index contributed by atoms with van der Waals surface area (Å²) in [6, 6.07) is 11.4. The molecule has 136 valence electrons. The van der Waals surface area contributed by atoms with E-state index < -0.39 is 0 Å². The number of hydrogen-bond donors (Lipinski definition) is 0. The lowest BCUT2D eigenvalue weighted by atomic mass is 10.1. The van der Waals surface area contributed by atoms with Crippen LogP contribution in [0.4, 0.5) is 0 Å². The molecule has 2 aromatic heterocycles. The van der Waals surface area contributed by atoms with Crippen LogP contribution < -0.4 is 4.74 Å². The number of rotatable bonds is 7. The van der Waals surface area contributed by atoms with Gasteiger partial charge in [-0.15, -0.1) is 11.3 Å². The zero-order chi connectivity index (χ0) is 18.5. The molecule has 6 heteroatoms. The Labute approximate surface area is 157 Å². The van der Waals surface area contributed by atoms with Gasteiger partial charge in [-0.3, -0.25) is 4.79 Å². The second-order valence-corrected chi connectivity index (χ2v) is 7.05. The highest BCUT2D eigenvalue weighted by molar-refractivity contribution is 7.09. The van der Waals surface area contributed by atoms with Crippen LogP contribution in [-0.2, 0) is 13.2 Å². The highest BCUT2D eigenvalue weighted by Crippen LogP contribution is 2.20. The number of hydrogen-bond acceptors (Lipinski definition) is 5. The second kappa shape index (κ2) is 8.19. The van der Waals surface area contributed by atoms with Crippen molar-refractivity contribution in [2.45, 2.75) is 33.9 Å². The van der Waals surface area contributed by atoms with Crippen molar-refractivity contribution in [2.75, 3.05) is 6.54 Å². The number of aryl methyl sites for hydroxylation is 2. The van der Waals surface area contributed by atoms with Crippen molar-refractivity contribution >= 4 is 17.2 Å². The van der Waals surface area contributed by atoms with Crippen molar-refractivity contribution in [3.05, 3.63) is 69.2 Å². The van der Waals surface area contributed by atoms with Crippen molar-refractivity contribution in [2.24, 2.45) is 0 Å². The fraction of sp³-hybridized carbons (Fsp3) is 0.300. The standard InChI is InChI=1S/C20H22N2O3S/c1-4-22(12-18-9-6-10-26-18)20(23)16-7-5-8-17(11-16)24-13-19-14(2)21-25-15(19)3/h5-11H,4,12-13H2,1-3H3. The Morgan fingerprint density at radius 3 is 2.77 bits per heavy atom. The smallest absolute Gasteiger partial charge is 0.254 e. The lowest BCUT2D eigenvalue weighted by Crippen LogP contribution is -2.29. The maximum Gasteiger partial charge on any atom is 0.254 e. The number of nitrogens with zero attached hydrogens (tertiary/aromatic N) is 2. The molecule has 0 aliphatic heterocycles. The molecule has 0 unspecified atom stereocenters. The Kier molecular flexibility index (Phi) is 5.73. The summed E-state index contributed by atoms with van der Waals surface area (Å²) in [5, 5.41) is 5.95. The molecule has 1 amide bonds. The predicted molar refractivity (Wildman–Crippen MR) is 101 cm³/mol. The normalized spacial score (nSPS) is 10.7. The number of ether oxygens (including phenoxy) is 1. The molecular weight excluding hydrogens is 348 g/mol. The van der Waals surface area contributed by atoms with E-state index >= 15 is 0 Å². The van der Waals surface area contributed by atoms with Crippen LogP contribution in [0.3, 0.4) is 0 Å². The van der Waals surface area contributed by atoms with E-state index in [1.165, 1.54) is 4.88 Å². The van der Waals surface area contributed by atoms with Gasteiger partial charge in [0.1, 0.15) is 18.1 Å². The van der Waals surface area contributed by atoms with Crippen molar-refractivity contribution in [1.29, 1.82) is 0 Å². The Morgan fingerprint density at radius 1 is 1.27 bits per heavy atom. The van der Waals surface area contributed by atoms with Gasteiger partial charge in [-0.05, 0) is 50.4 Å². The highest BCUT2D eigenvalue weighted by atomic mass is 32.1. The molecule has 0 saturated heterocycles. The van der Waals surface area contributed by atoms with E-state index in [0.29, 0.717) is 31.0 Å². The minimum Gasteiger partial charge on any atom is -0.489 e. The first-order valence-corrected chi connectivity index (χ1v) is 9.42. The zero-order valence-electron chi connectivity index (χ0n) is 15.2. The second-order valence-electron chi connectivity index (χ2n) is 6.02. The van der Waals surface area contributed by atoms with Gasteiger partial charge in [-0.25, -0.2) is 0 Å². The van der Waals surface area contributed by atoms with Crippen molar-refractivity contribution in [1.82, 2.24) is 10.1 Å². The largest absolute Gasteiger partial charge is 0.489 e. The minimum atomic E-state index is 0.00342. The molecule has 5 nitrogen and oxygen atoms in total. The highest BCUT2D eigenvalue weighted by Gasteiger charge is 2.16. The predicted octanol–water partition coefficient (Wildman–Crippen LogP) is 4.59. The van der Waals surface area contributed by atoms with Gasteiger partial charge >= 0.3 is 0 Å². The average Bonchev–Trinajstić information content (AvgIpc) is 3.28. The van der Waals surface area contributed by atoms with Gasteiger partial charge in [-0.1, -0.05) is 17.3 Å². The monoisotopic (exact) mass is 370 g/mol. The number of carbonyl (C=O) groups is 1. The van der Waals surface area contributed by atoms with E-state index in [9.17, 15) is 4.79 Å². The van der Waals surface area contributed by atoms with Gasteiger partial charge in [0.15, 0.2) is 0 Å². The molecule has 1 aromatic carbocycles. The summed E-state index contributed by atoms with van der Waals surface area (Å²) in [7, 11) is 0. The fourth-order valence-corrected chi connectivity index (χ4v) is 3.40. The first kappa shape index (κ1) is 18.2. The Bertz CT molecular complexity index is 852. The van der Waals surface area contributed by atoms with Gasteiger partial charge in [0.25, 0.3) is 5.91 Å². The molecule has 0 saturated carbocycles. The zero-order valence-corrected chi connectivity index (χ0v) is 16.0. The summed E-state index contributed by atoms with van der Waals surface area (Å²) in [5.41, 5.74) is 2.39. The SMILES string of the molecule is CCN(Cc1cccs1)C(=O)c1cccc(OCc2c(C)noc2C)c1. The molecule has 2 heterocycles. The van der Waals surface area contributed by atoms with E-state index in [1.807, 2.05) is 61.4 Å². The maximum absolute atomic E-state index is 12.8. The number of aromatic nitrogens is 1. The Morgan fingerprint density at radius 2 is 2.12 bits per heavy atom. The summed E-state index contributed by atoms with van der Waals surface area (Å²) in [4.78, 5) is 15.9. The molecular formula is C20H22N2O3S. The van der Waals surface area contributed by atoms with Crippen LogP contribution in [0.1, 0.15) is 39.2 Å². The third-order valence-corrected chi connectivity index (χ3v) is 5.10. The van der Waals surface area contributed by atoms with E-state index in [2.05, 4.69) is 5.16 Å². The van der Waals surface area contributed by atoms with Crippen molar-refractivity contribution < 1.29 is 14.1 Å². The minimum absolute atomic E-state index is 0.00342. The van der Waals surface area contributed by atoms with Crippen LogP contribution in [0.25, 0.3) is 0 Å². The molecule has 0 fully saturated rings. The van der Waals surface area contributed by atoms with Crippen LogP contribution in [0.15, 0.2) is 46.3 Å². The molecule has 3 aromatic rings. The summed E-state index contributed by atoms with van der Waals surface area (Å²) >= 11 is 1.66. The van der Waals surface area contributed by atoms with Crippen LogP contribution in [0, 0.1) is 13.8 Å². The van der Waals surface area contributed by atoms with Gasteiger partial charge in [-0.2, -0.15) is 0 Å². The number of amides is 1. The Balaban J connectivity index is 1.70. The quantitative estimate of drug-likeness (QED) is 0.610. The molecule has 3 rings (SSSR count). The molecule has 0 radical (unpaired) electrons. The topological polar surface area (TPSA) is 55.6 Å². The number of thiophene rings is 1. The molecule has 0 atom stereocenters. The first-order valence-electron chi connectivity index (χ1n) is 8.54. The Hall–Kier alpha value is -2.60. The maximum atomic E-state index is 12.8. The van der Waals surface area contributed by atoms with Gasteiger partial charge in [0.2, 0.25) is 0 Å². The molecule has 0 N–H and O–H groups in total. The summed E-state index contributed by atoms with van der Waals surface area (Å²) in [6.07, 6.45) is 0. The van der Waals surface area contributed by atoms with Gasteiger partial charge in [0, 0.05) is 17.0 Å². The number of benzene rings is 1. The van der Waals surface area contributed by atoms with Gasteiger partial charge < -0.3 is 14.2 Å². The van der Waals surface area contributed by atoms with Crippen molar-refractivity contribution in [3.63, 3.8) is 0 Å². The summed E-state index contributed by atoms with van der Waals surface area (Å²) < 4.78 is 11.0. The van der Waals surface area contributed by atoms with E-state index in [4.69, 9.17) is 9.26 Å². The van der Waals surface area contributed by atoms with E-state index in [-0.39, 0.29) is 5.91 Å². The van der Waals surface area contributed by atoms with Crippen LogP contribution in [0.5, 0.6) is 5.75 Å². The fourth-order valence-electron chi connectivity index (χ4n) is 2.68. The molecule has 26 heavy (non-hydrogen) atoms. The summed E-state index contributed by atoms with van der Waals surface area (Å²) in [6.45, 7) is 7.38. The molecule has 0 spiro atoms. The third-order valence-electron chi connectivity index (χ3n) is 4.24.